The highest BCUT2D eigenvalue weighted by molar-refractivity contribution is 7.09. The summed E-state index contributed by atoms with van der Waals surface area (Å²) in [5.74, 6) is 0.112. The van der Waals surface area contributed by atoms with Gasteiger partial charge in [-0.05, 0) is 26.3 Å². The number of nitrogens with zero attached hydrogens (tertiary/aromatic N) is 1. The van der Waals surface area contributed by atoms with Gasteiger partial charge in [0.25, 0.3) is 0 Å². The monoisotopic (exact) mass is 255 g/mol. The molecular formula is C12H21N3OS. The minimum absolute atomic E-state index is 0.0199. The van der Waals surface area contributed by atoms with Crippen molar-refractivity contribution in [3.05, 3.63) is 16.6 Å². The maximum atomic E-state index is 11.6. The lowest BCUT2D eigenvalue weighted by Gasteiger charge is -2.10. The average Bonchev–Trinajstić information content (AvgIpc) is 2.82. The lowest BCUT2D eigenvalue weighted by atomic mass is 10.1. The van der Waals surface area contributed by atoms with Crippen molar-refractivity contribution in [3.8, 4) is 0 Å². The van der Waals surface area contributed by atoms with Crippen LogP contribution in [0.1, 0.15) is 50.1 Å². The van der Waals surface area contributed by atoms with Crippen LogP contribution in [-0.2, 0) is 4.79 Å². The molecule has 17 heavy (non-hydrogen) atoms. The second-order valence-corrected chi connectivity index (χ2v) is 5.04. The zero-order valence-corrected chi connectivity index (χ0v) is 11.1. The van der Waals surface area contributed by atoms with Crippen LogP contribution in [0.3, 0.4) is 0 Å². The van der Waals surface area contributed by atoms with E-state index in [0.29, 0.717) is 6.42 Å². The number of rotatable bonds is 8. The molecule has 0 aliphatic carbocycles. The van der Waals surface area contributed by atoms with Crippen LogP contribution in [0.4, 0.5) is 0 Å². The molecule has 1 rings (SSSR count). The van der Waals surface area contributed by atoms with Gasteiger partial charge in [0.1, 0.15) is 5.01 Å². The van der Waals surface area contributed by atoms with E-state index in [4.69, 9.17) is 5.73 Å². The molecule has 0 saturated carbocycles. The number of hydrogen-bond acceptors (Lipinski definition) is 4. The molecule has 1 aromatic heterocycles. The summed E-state index contributed by atoms with van der Waals surface area (Å²) in [6.45, 7) is 2.71. The van der Waals surface area contributed by atoms with E-state index in [-0.39, 0.29) is 11.9 Å². The van der Waals surface area contributed by atoms with Crippen LogP contribution >= 0.6 is 11.3 Å². The molecule has 4 nitrogen and oxygen atoms in total. The third kappa shape index (κ3) is 5.79. The second kappa shape index (κ2) is 8.20. The Labute approximate surface area is 107 Å². The predicted molar refractivity (Wildman–Crippen MR) is 70.8 cm³/mol. The lowest BCUT2D eigenvalue weighted by molar-refractivity contribution is -0.121. The van der Waals surface area contributed by atoms with Crippen LogP contribution in [-0.4, -0.2) is 17.4 Å². The molecule has 0 spiro atoms. The fourth-order valence-corrected chi connectivity index (χ4v) is 2.25. The minimum Gasteiger partial charge on any atom is -0.347 e. The van der Waals surface area contributed by atoms with E-state index in [2.05, 4.69) is 10.3 Å². The van der Waals surface area contributed by atoms with Crippen LogP contribution in [0.25, 0.3) is 0 Å². The van der Waals surface area contributed by atoms with E-state index in [9.17, 15) is 4.79 Å². The maximum Gasteiger partial charge on any atom is 0.220 e. The Morgan fingerprint density at radius 2 is 2.24 bits per heavy atom. The molecule has 1 amide bonds. The van der Waals surface area contributed by atoms with E-state index in [1.54, 1.807) is 17.5 Å². The summed E-state index contributed by atoms with van der Waals surface area (Å²) < 4.78 is 0. The van der Waals surface area contributed by atoms with Gasteiger partial charge >= 0.3 is 0 Å². The van der Waals surface area contributed by atoms with Crippen molar-refractivity contribution in [1.29, 1.82) is 0 Å². The third-order valence-corrected chi connectivity index (χ3v) is 3.52. The van der Waals surface area contributed by atoms with Crippen molar-refractivity contribution in [2.75, 3.05) is 6.54 Å². The van der Waals surface area contributed by atoms with Crippen molar-refractivity contribution < 1.29 is 4.79 Å². The minimum atomic E-state index is 0.0199. The normalized spacial score (nSPS) is 12.4. The van der Waals surface area contributed by atoms with Gasteiger partial charge in [-0.3, -0.25) is 4.79 Å². The van der Waals surface area contributed by atoms with Crippen molar-refractivity contribution in [2.24, 2.45) is 5.73 Å². The Morgan fingerprint density at radius 1 is 1.47 bits per heavy atom. The zero-order chi connectivity index (χ0) is 12.5. The molecule has 3 N–H and O–H groups in total. The summed E-state index contributed by atoms with van der Waals surface area (Å²) in [6.07, 6.45) is 6.55. The molecule has 0 fully saturated rings. The topological polar surface area (TPSA) is 68.0 Å². The van der Waals surface area contributed by atoms with Gasteiger partial charge in [-0.2, -0.15) is 0 Å². The lowest BCUT2D eigenvalue weighted by Crippen LogP contribution is -2.26. The molecule has 5 heteroatoms. The Hall–Kier alpha value is -0.940. The quantitative estimate of drug-likeness (QED) is 0.700. The molecule has 1 aromatic rings. The molecule has 1 unspecified atom stereocenters. The fraction of sp³-hybridized carbons (Fsp3) is 0.667. The van der Waals surface area contributed by atoms with Gasteiger partial charge in [-0.15, -0.1) is 11.3 Å². The molecule has 1 atom stereocenters. The molecule has 0 aliphatic rings. The highest BCUT2D eigenvalue weighted by atomic mass is 32.1. The van der Waals surface area contributed by atoms with Crippen LogP contribution in [0.5, 0.6) is 0 Å². The van der Waals surface area contributed by atoms with E-state index < -0.39 is 0 Å². The SMILES string of the molecule is CC(NC(=O)CCCCCCN)c1nccs1. The third-order valence-electron chi connectivity index (χ3n) is 2.56. The van der Waals surface area contributed by atoms with E-state index in [1.165, 1.54) is 0 Å². The number of unbranched alkanes of at least 4 members (excludes halogenated alkanes) is 3. The molecule has 0 aromatic carbocycles. The van der Waals surface area contributed by atoms with E-state index >= 15 is 0 Å². The summed E-state index contributed by atoms with van der Waals surface area (Å²) in [7, 11) is 0. The summed E-state index contributed by atoms with van der Waals surface area (Å²) in [6, 6.07) is 0.0199. The Balaban J connectivity index is 2.12. The summed E-state index contributed by atoms with van der Waals surface area (Å²) in [4.78, 5) is 15.8. The Morgan fingerprint density at radius 3 is 2.88 bits per heavy atom. The molecular weight excluding hydrogens is 234 g/mol. The average molecular weight is 255 g/mol. The number of thiazole rings is 1. The second-order valence-electron chi connectivity index (χ2n) is 4.11. The van der Waals surface area contributed by atoms with Gasteiger partial charge in [0, 0.05) is 18.0 Å². The molecule has 0 radical (unpaired) electrons. The Bertz CT molecular complexity index is 314. The Kier molecular flexibility index (Phi) is 6.81. The number of amides is 1. The van der Waals surface area contributed by atoms with Gasteiger partial charge in [0.05, 0.1) is 6.04 Å². The van der Waals surface area contributed by atoms with Crippen LogP contribution in [0, 0.1) is 0 Å². The van der Waals surface area contributed by atoms with Gasteiger partial charge in [-0.25, -0.2) is 4.98 Å². The molecule has 0 bridgehead atoms. The number of carbonyl (C=O) groups is 1. The molecule has 0 saturated heterocycles. The number of nitrogens with one attached hydrogen (secondary N) is 1. The van der Waals surface area contributed by atoms with Gasteiger partial charge in [0.15, 0.2) is 0 Å². The van der Waals surface area contributed by atoms with Crippen molar-refractivity contribution in [2.45, 2.75) is 45.1 Å². The van der Waals surface area contributed by atoms with Crippen LogP contribution in [0.2, 0.25) is 0 Å². The van der Waals surface area contributed by atoms with Crippen molar-refractivity contribution in [3.63, 3.8) is 0 Å². The maximum absolute atomic E-state index is 11.6. The first-order valence-electron chi connectivity index (χ1n) is 6.13. The highest BCUT2D eigenvalue weighted by Crippen LogP contribution is 2.14. The molecule has 0 aliphatic heterocycles. The summed E-state index contributed by atoms with van der Waals surface area (Å²) in [5.41, 5.74) is 5.41. The summed E-state index contributed by atoms with van der Waals surface area (Å²) >= 11 is 1.57. The van der Waals surface area contributed by atoms with Crippen molar-refractivity contribution >= 4 is 17.2 Å². The highest BCUT2D eigenvalue weighted by Gasteiger charge is 2.10. The molecule has 96 valence electrons. The van der Waals surface area contributed by atoms with Crippen molar-refractivity contribution in [1.82, 2.24) is 10.3 Å². The first-order chi connectivity index (χ1) is 8.24. The van der Waals surface area contributed by atoms with E-state index in [0.717, 1.165) is 37.2 Å². The smallest absolute Gasteiger partial charge is 0.220 e. The molecule has 1 heterocycles. The number of aromatic nitrogens is 1. The first kappa shape index (κ1) is 14.1. The number of nitrogens with two attached hydrogens (primary N) is 1. The van der Waals surface area contributed by atoms with E-state index in [1.807, 2.05) is 12.3 Å². The van der Waals surface area contributed by atoms with Crippen LogP contribution in [0.15, 0.2) is 11.6 Å². The zero-order valence-electron chi connectivity index (χ0n) is 10.3. The van der Waals surface area contributed by atoms with Gasteiger partial charge in [-0.1, -0.05) is 12.8 Å². The standard InChI is InChI=1S/C12H21N3OS/c1-10(12-14-8-9-17-12)15-11(16)6-4-2-3-5-7-13/h8-10H,2-7,13H2,1H3,(H,15,16). The number of carbonyl (C=O) groups excluding carboxylic acids is 1. The number of hydrogen-bond donors (Lipinski definition) is 2. The van der Waals surface area contributed by atoms with Gasteiger partial charge in [0.2, 0.25) is 5.91 Å². The van der Waals surface area contributed by atoms with Crippen LogP contribution < -0.4 is 11.1 Å². The summed E-state index contributed by atoms with van der Waals surface area (Å²) in [5, 5.41) is 5.84. The largest absolute Gasteiger partial charge is 0.347 e. The fourth-order valence-electron chi connectivity index (χ4n) is 1.61. The predicted octanol–water partition coefficient (Wildman–Crippen LogP) is 2.23. The van der Waals surface area contributed by atoms with Gasteiger partial charge < -0.3 is 11.1 Å². The first-order valence-corrected chi connectivity index (χ1v) is 7.01.